The summed E-state index contributed by atoms with van der Waals surface area (Å²) in [5.74, 6) is 0.977. The van der Waals surface area contributed by atoms with Crippen molar-refractivity contribution in [1.29, 1.82) is 5.53 Å². The van der Waals surface area contributed by atoms with Crippen molar-refractivity contribution in [1.82, 2.24) is 9.97 Å². The molecule has 7 nitrogen and oxygen atoms in total. The van der Waals surface area contributed by atoms with E-state index in [1.54, 1.807) is 42.7 Å². The van der Waals surface area contributed by atoms with E-state index in [4.69, 9.17) is 21.9 Å². The van der Waals surface area contributed by atoms with Gasteiger partial charge in [0.05, 0.1) is 23.5 Å². The average Bonchev–Trinajstić information content (AvgIpc) is 2.76. The largest absolute Gasteiger partial charge is 0.454 e. The van der Waals surface area contributed by atoms with Gasteiger partial charge in [0.2, 0.25) is 0 Å². The fourth-order valence-electron chi connectivity index (χ4n) is 2.39. The minimum Gasteiger partial charge on any atom is -0.454 e. The van der Waals surface area contributed by atoms with Gasteiger partial charge in [-0.25, -0.2) is 5.53 Å². The Morgan fingerprint density at radius 1 is 1.16 bits per heavy atom. The van der Waals surface area contributed by atoms with Crippen LogP contribution in [-0.2, 0) is 6.18 Å². The molecule has 3 aromatic rings. The van der Waals surface area contributed by atoms with Crippen LogP contribution in [0.4, 0.5) is 24.5 Å². The first-order valence-corrected chi connectivity index (χ1v) is 9.20. The molecule has 160 valence electrons. The molecule has 0 spiro atoms. The van der Waals surface area contributed by atoms with E-state index in [1.165, 1.54) is 12.3 Å². The molecule has 3 N–H and O–H groups in total. The van der Waals surface area contributed by atoms with Crippen LogP contribution in [0.25, 0.3) is 0 Å². The van der Waals surface area contributed by atoms with Crippen molar-refractivity contribution in [3.63, 3.8) is 0 Å². The first-order valence-electron chi connectivity index (χ1n) is 8.83. The molecule has 0 fully saturated rings. The fourth-order valence-corrected chi connectivity index (χ4v) is 2.60. The molecule has 0 aliphatic carbocycles. The van der Waals surface area contributed by atoms with Gasteiger partial charge in [-0.05, 0) is 42.5 Å². The number of ether oxygens (including phenoxy) is 1. The SMILES string of the molecule is N=N/C(=C\Nc1ccc(Oc2cccnc2)c(Cl)c1)CNc1ccnc(C(F)(F)F)c1. The second-order valence-electron chi connectivity index (χ2n) is 6.11. The van der Waals surface area contributed by atoms with Crippen molar-refractivity contribution in [2.24, 2.45) is 5.11 Å². The van der Waals surface area contributed by atoms with Gasteiger partial charge in [-0.1, -0.05) is 11.6 Å². The van der Waals surface area contributed by atoms with Gasteiger partial charge in [0, 0.05) is 30.0 Å². The van der Waals surface area contributed by atoms with Crippen molar-refractivity contribution >= 4 is 23.0 Å². The summed E-state index contributed by atoms with van der Waals surface area (Å²) in [4.78, 5) is 7.26. The van der Waals surface area contributed by atoms with Gasteiger partial charge in [-0.3, -0.25) is 9.97 Å². The van der Waals surface area contributed by atoms with Crippen LogP contribution >= 0.6 is 11.6 Å². The van der Waals surface area contributed by atoms with E-state index in [1.807, 2.05) is 0 Å². The Morgan fingerprint density at radius 3 is 2.68 bits per heavy atom. The van der Waals surface area contributed by atoms with Crippen molar-refractivity contribution in [2.75, 3.05) is 17.2 Å². The van der Waals surface area contributed by atoms with Gasteiger partial charge in [0.25, 0.3) is 0 Å². The van der Waals surface area contributed by atoms with Crippen LogP contribution in [0.2, 0.25) is 5.02 Å². The zero-order chi connectivity index (χ0) is 22.3. The number of halogens is 4. The van der Waals surface area contributed by atoms with Crippen LogP contribution in [-0.4, -0.2) is 16.5 Å². The Bertz CT molecular complexity index is 1080. The molecule has 0 amide bonds. The number of anilines is 2. The highest BCUT2D eigenvalue weighted by Crippen LogP contribution is 2.31. The monoisotopic (exact) mass is 448 g/mol. The van der Waals surface area contributed by atoms with Crippen molar-refractivity contribution in [2.45, 2.75) is 6.18 Å². The molecule has 2 heterocycles. The lowest BCUT2D eigenvalue weighted by Gasteiger charge is -2.11. The van der Waals surface area contributed by atoms with Gasteiger partial charge in [0.1, 0.15) is 17.2 Å². The van der Waals surface area contributed by atoms with E-state index in [0.717, 1.165) is 12.3 Å². The number of aromatic nitrogens is 2. The highest BCUT2D eigenvalue weighted by molar-refractivity contribution is 6.32. The normalized spacial score (nSPS) is 11.7. The molecule has 0 bridgehead atoms. The first kappa shape index (κ1) is 22.0. The highest BCUT2D eigenvalue weighted by Gasteiger charge is 2.32. The number of nitrogens with one attached hydrogen (secondary N) is 3. The molecule has 3 rings (SSSR count). The van der Waals surface area contributed by atoms with Gasteiger partial charge in [0.15, 0.2) is 0 Å². The maximum atomic E-state index is 12.7. The Morgan fingerprint density at radius 2 is 2.00 bits per heavy atom. The summed E-state index contributed by atoms with van der Waals surface area (Å²) in [5, 5.41) is 9.43. The molecule has 0 unspecified atom stereocenters. The third-order valence-corrected chi connectivity index (χ3v) is 4.16. The van der Waals surface area contributed by atoms with E-state index in [9.17, 15) is 13.2 Å². The number of hydrogen-bond donors (Lipinski definition) is 3. The zero-order valence-corrected chi connectivity index (χ0v) is 16.6. The number of benzene rings is 1. The van der Waals surface area contributed by atoms with Crippen LogP contribution in [0.3, 0.4) is 0 Å². The number of rotatable bonds is 8. The lowest BCUT2D eigenvalue weighted by atomic mass is 10.3. The molecule has 0 saturated heterocycles. The lowest BCUT2D eigenvalue weighted by Crippen LogP contribution is -2.10. The lowest BCUT2D eigenvalue weighted by molar-refractivity contribution is -0.141. The quantitative estimate of drug-likeness (QED) is 0.349. The van der Waals surface area contributed by atoms with Crippen LogP contribution < -0.4 is 15.4 Å². The van der Waals surface area contributed by atoms with Crippen molar-refractivity contribution in [3.05, 3.63) is 83.7 Å². The molecule has 1 aromatic carbocycles. The molecule has 0 saturated carbocycles. The Labute approximate surface area is 180 Å². The third kappa shape index (κ3) is 6.41. The number of nitrogens with zero attached hydrogens (tertiary/aromatic N) is 3. The van der Waals surface area contributed by atoms with Crippen LogP contribution in [0.5, 0.6) is 11.5 Å². The predicted molar refractivity (Wildman–Crippen MR) is 110 cm³/mol. The summed E-state index contributed by atoms with van der Waals surface area (Å²) >= 11 is 6.24. The fraction of sp³-hybridized carbons (Fsp3) is 0.100. The minimum absolute atomic E-state index is 0.0216. The maximum absolute atomic E-state index is 12.7. The Kier molecular flexibility index (Phi) is 7.03. The Hall–Kier alpha value is -3.66. The standard InChI is InChI=1S/C20H16ClF3N6O/c21-17-8-13(3-4-18(17)31-16-2-1-6-26-12-16)28-10-15(30-25)11-29-14-5-7-27-19(9-14)20(22,23)24/h1-10,12,25,28H,11H2,(H,27,29)/b15-10-,30-25?. The predicted octanol–water partition coefficient (Wildman–Crippen LogP) is 6.34. The number of alkyl halides is 3. The molecule has 0 radical (unpaired) electrons. The summed E-state index contributed by atoms with van der Waals surface area (Å²) < 4.78 is 43.9. The summed E-state index contributed by atoms with van der Waals surface area (Å²) in [5.41, 5.74) is 7.32. The first-order chi connectivity index (χ1) is 14.8. The Balaban J connectivity index is 1.62. The average molecular weight is 449 g/mol. The van der Waals surface area contributed by atoms with E-state index in [2.05, 4.69) is 25.7 Å². The van der Waals surface area contributed by atoms with Crippen molar-refractivity contribution < 1.29 is 17.9 Å². The number of pyridine rings is 2. The smallest absolute Gasteiger partial charge is 0.433 e. The number of hydrogen-bond acceptors (Lipinski definition) is 7. The van der Waals surface area contributed by atoms with Crippen LogP contribution in [0, 0.1) is 5.53 Å². The molecular weight excluding hydrogens is 433 g/mol. The summed E-state index contributed by atoms with van der Waals surface area (Å²) in [6, 6.07) is 10.8. The summed E-state index contributed by atoms with van der Waals surface area (Å²) in [7, 11) is 0. The molecule has 2 aromatic heterocycles. The van der Waals surface area contributed by atoms with Gasteiger partial charge in [-0.2, -0.15) is 18.3 Å². The van der Waals surface area contributed by atoms with E-state index in [0.29, 0.717) is 22.2 Å². The molecule has 0 aliphatic heterocycles. The van der Waals surface area contributed by atoms with Gasteiger partial charge in [-0.15, -0.1) is 0 Å². The van der Waals surface area contributed by atoms with Crippen molar-refractivity contribution in [3.8, 4) is 11.5 Å². The maximum Gasteiger partial charge on any atom is 0.433 e. The highest BCUT2D eigenvalue weighted by atomic mass is 35.5. The van der Waals surface area contributed by atoms with Crippen LogP contribution in [0.15, 0.2) is 78.1 Å². The zero-order valence-electron chi connectivity index (χ0n) is 15.8. The second kappa shape index (κ2) is 9.90. The van der Waals surface area contributed by atoms with E-state index in [-0.39, 0.29) is 17.9 Å². The van der Waals surface area contributed by atoms with E-state index >= 15 is 0 Å². The summed E-state index contributed by atoms with van der Waals surface area (Å²) in [6.45, 7) is 0.0216. The topological polar surface area (TPSA) is 95.3 Å². The van der Waals surface area contributed by atoms with Gasteiger partial charge >= 0.3 is 6.18 Å². The molecule has 31 heavy (non-hydrogen) atoms. The molecule has 0 atom stereocenters. The minimum atomic E-state index is -4.54. The third-order valence-electron chi connectivity index (χ3n) is 3.87. The van der Waals surface area contributed by atoms with Gasteiger partial charge < -0.3 is 15.4 Å². The summed E-state index contributed by atoms with van der Waals surface area (Å²) in [6.07, 6.45) is 1.15. The molecular formula is C20H16ClF3N6O. The second-order valence-corrected chi connectivity index (χ2v) is 6.52. The van der Waals surface area contributed by atoms with Crippen LogP contribution in [0.1, 0.15) is 5.69 Å². The molecule has 0 aliphatic rings. The molecule has 11 heteroatoms. The van der Waals surface area contributed by atoms with E-state index < -0.39 is 11.9 Å².